The van der Waals surface area contributed by atoms with Crippen molar-refractivity contribution in [1.29, 1.82) is 5.26 Å². The predicted octanol–water partition coefficient (Wildman–Crippen LogP) is 8.96. The minimum atomic E-state index is -5.31. The molecule has 310 valence electrons. The smallest absolute Gasteiger partial charge is 0.420 e. The van der Waals surface area contributed by atoms with Crippen LogP contribution in [0.2, 0.25) is 0 Å². The van der Waals surface area contributed by atoms with Gasteiger partial charge in [0.1, 0.15) is 64.7 Å². The first-order valence-electron chi connectivity index (χ1n) is 19.1. The number of nitrogen functional groups attached to an aromatic ring is 2. The summed E-state index contributed by atoms with van der Waals surface area (Å²) in [5.74, 6) is -6.47. The van der Waals surface area contributed by atoms with Crippen molar-refractivity contribution in [3.8, 4) is 29.0 Å². The van der Waals surface area contributed by atoms with E-state index >= 15 is 22.0 Å². The number of nitrogens with two attached hydrogens (primary N) is 2. The summed E-state index contributed by atoms with van der Waals surface area (Å²) in [4.78, 5) is 16.8. The van der Waals surface area contributed by atoms with Gasteiger partial charge in [0.25, 0.3) is 0 Å². The third-order valence-electron chi connectivity index (χ3n) is 12.2. The van der Waals surface area contributed by atoms with Gasteiger partial charge in [-0.25, -0.2) is 26.9 Å². The number of fused-ring (bicyclic) bond motifs is 2. The zero-order valence-corrected chi connectivity index (χ0v) is 32.0. The second-order valence-electron chi connectivity index (χ2n) is 15.8. The molecule has 6 heterocycles. The first-order valence-corrected chi connectivity index (χ1v) is 20.0. The fraction of sp³-hybridized carbons (Fsp3) is 0.450. The van der Waals surface area contributed by atoms with Crippen LogP contribution in [-0.4, -0.2) is 70.3 Å². The lowest BCUT2D eigenvalue weighted by Gasteiger charge is -2.38. The number of halogens is 8. The van der Waals surface area contributed by atoms with Crippen LogP contribution in [-0.2, 0) is 6.18 Å². The highest BCUT2D eigenvalue weighted by atomic mass is 32.1. The number of alkyl halides is 6. The topological polar surface area (TPSA) is 139 Å². The van der Waals surface area contributed by atoms with E-state index in [1.807, 2.05) is 11.0 Å². The van der Waals surface area contributed by atoms with Crippen molar-refractivity contribution >= 4 is 49.0 Å². The Balaban J connectivity index is 1.29. The molecule has 0 amide bonds. The summed E-state index contributed by atoms with van der Waals surface area (Å²) in [7, 11) is 0. The number of benzene rings is 2. The molecule has 3 aliphatic heterocycles. The number of thiophene rings is 1. The Hall–Kier alpha value is -5.22. The van der Waals surface area contributed by atoms with Crippen molar-refractivity contribution in [2.75, 3.05) is 49.2 Å². The highest BCUT2D eigenvalue weighted by molar-refractivity contribution is 7.23. The normalized spacial score (nSPS) is 22.2. The molecule has 0 radical (unpaired) electrons. The van der Waals surface area contributed by atoms with Gasteiger partial charge >= 0.3 is 12.2 Å². The van der Waals surface area contributed by atoms with Crippen LogP contribution in [0.15, 0.2) is 30.5 Å². The Morgan fingerprint density at radius 2 is 1.88 bits per heavy atom. The zero-order chi connectivity index (χ0) is 41.6. The fourth-order valence-corrected chi connectivity index (χ4v) is 10.5. The molecule has 5 aromatic rings. The quantitative estimate of drug-likeness (QED) is 0.138. The van der Waals surface area contributed by atoms with Gasteiger partial charge in [-0.1, -0.05) is 12.1 Å². The lowest BCUT2D eigenvalue weighted by Crippen LogP contribution is -2.43. The van der Waals surface area contributed by atoms with Crippen LogP contribution in [0.4, 0.5) is 51.8 Å². The second kappa shape index (κ2) is 14.2. The highest BCUT2D eigenvalue weighted by Gasteiger charge is 2.50. The monoisotopic (exact) mass is 844 g/mol. The maximum absolute atomic E-state index is 17.7. The summed E-state index contributed by atoms with van der Waals surface area (Å²) < 4.78 is 134. The number of hydrogen-bond donors (Lipinski definition) is 2. The molecule has 2 saturated heterocycles. The molecule has 4 N–H and O–H groups in total. The van der Waals surface area contributed by atoms with Crippen LogP contribution in [0, 0.1) is 28.9 Å². The van der Waals surface area contributed by atoms with E-state index < -0.39 is 87.4 Å². The predicted molar refractivity (Wildman–Crippen MR) is 204 cm³/mol. The molecule has 1 aliphatic carbocycles. The third-order valence-corrected chi connectivity index (χ3v) is 13.2. The molecule has 0 bridgehead atoms. The average Bonchev–Trinajstić information content (AvgIpc) is 3.77. The molecule has 0 unspecified atom stereocenters. The van der Waals surface area contributed by atoms with Gasteiger partial charge in [-0.2, -0.15) is 28.4 Å². The van der Waals surface area contributed by atoms with E-state index in [0.29, 0.717) is 29.9 Å². The number of rotatable bonds is 9. The van der Waals surface area contributed by atoms with E-state index in [1.165, 1.54) is 6.20 Å². The van der Waals surface area contributed by atoms with E-state index in [4.69, 9.17) is 20.9 Å². The lowest BCUT2D eigenvalue weighted by atomic mass is 9.77. The molecule has 10 nitrogen and oxygen atoms in total. The molecular formula is C40H36F8N8O2S. The Bertz CT molecular complexity index is 2540. The first-order chi connectivity index (χ1) is 28.1. The second-order valence-corrected chi connectivity index (χ2v) is 16.9. The van der Waals surface area contributed by atoms with E-state index in [9.17, 15) is 18.4 Å². The zero-order valence-electron chi connectivity index (χ0n) is 31.2. The fourth-order valence-electron chi connectivity index (χ4n) is 9.59. The van der Waals surface area contributed by atoms with Gasteiger partial charge in [-0.3, -0.25) is 4.90 Å². The van der Waals surface area contributed by atoms with Crippen molar-refractivity contribution in [3.05, 3.63) is 58.8 Å². The molecule has 59 heavy (non-hydrogen) atoms. The van der Waals surface area contributed by atoms with Crippen molar-refractivity contribution in [2.45, 2.75) is 74.8 Å². The van der Waals surface area contributed by atoms with Crippen LogP contribution < -0.4 is 25.8 Å². The SMILES string of the molecule is N#Cc1c(N)sc2c(F)ccc(-c3c(C(F)(F)F)c4c5c(nc(OC[C@@]67CCCN6C[C@H](F)C7)nc5c3F)N([C@H](CCC3CC(F)(F)C3)c3cccnc3N)CCO4)c12. The molecule has 3 atom stereocenters. The number of ether oxygens (including phenoxy) is 2. The van der Waals surface area contributed by atoms with Gasteiger partial charge in [0.05, 0.1) is 33.8 Å². The standard InChI is InChI=1S/C40H36F8N8O2S/c41-20-15-38(8-2-10-55(38)17-20)18-58-37-53-31-28-32(29(40(46,47)48)27(30(31)43)22-5-6-24(42)33-26(22)23(16-49)35(51)59-33)57-12-11-56(36(28)54-37)25(21-3-1-9-52-34(21)50)7-4-19-13-39(44,45)14-19/h1,3,5-6,9,19-20,25H,2,4,7-8,10-15,17-18,51H2,(H2,50,52)/t20-,25-,38+/m1/s1. The Morgan fingerprint density at radius 3 is 2.61 bits per heavy atom. The molecule has 3 fully saturated rings. The minimum absolute atomic E-state index is 0.0761. The van der Waals surface area contributed by atoms with Crippen LogP contribution in [0.1, 0.15) is 67.7 Å². The Labute approximate surface area is 335 Å². The number of anilines is 3. The van der Waals surface area contributed by atoms with E-state index in [1.54, 1.807) is 17.0 Å². The van der Waals surface area contributed by atoms with Crippen LogP contribution in [0.5, 0.6) is 11.8 Å². The summed E-state index contributed by atoms with van der Waals surface area (Å²) in [6.45, 7) is 0.174. The van der Waals surface area contributed by atoms with Gasteiger partial charge in [0, 0.05) is 48.5 Å². The van der Waals surface area contributed by atoms with E-state index in [0.717, 1.165) is 18.6 Å². The maximum Gasteiger partial charge on any atom is 0.420 e. The molecule has 9 rings (SSSR count). The molecule has 2 aromatic carbocycles. The van der Waals surface area contributed by atoms with Gasteiger partial charge in [-0.15, -0.1) is 11.3 Å². The molecule has 3 aromatic heterocycles. The summed E-state index contributed by atoms with van der Waals surface area (Å²) in [5.41, 5.74) is 8.07. The van der Waals surface area contributed by atoms with E-state index in [2.05, 4.69) is 15.0 Å². The van der Waals surface area contributed by atoms with Crippen LogP contribution in [0.3, 0.4) is 0 Å². The third kappa shape index (κ3) is 6.58. The summed E-state index contributed by atoms with van der Waals surface area (Å²) in [6.07, 6.45) is -3.63. The maximum atomic E-state index is 17.7. The number of nitrogens with zero attached hydrogens (tertiary/aromatic N) is 6. The molecule has 19 heteroatoms. The number of hydrogen-bond acceptors (Lipinski definition) is 11. The summed E-state index contributed by atoms with van der Waals surface area (Å²) >= 11 is 0.637. The summed E-state index contributed by atoms with van der Waals surface area (Å²) in [5, 5.41) is 9.05. The Morgan fingerprint density at radius 1 is 1.08 bits per heavy atom. The van der Waals surface area contributed by atoms with Crippen LogP contribution >= 0.6 is 11.3 Å². The van der Waals surface area contributed by atoms with Crippen molar-refractivity contribution in [1.82, 2.24) is 19.9 Å². The van der Waals surface area contributed by atoms with Gasteiger partial charge < -0.3 is 25.8 Å². The largest absolute Gasteiger partial charge is 0.490 e. The molecule has 0 spiro atoms. The number of aromatic nitrogens is 3. The van der Waals surface area contributed by atoms with Gasteiger partial charge in [0.2, 0.25) is 5.92 Å². The minimum Gasteiger partial charge on any atom is -0.490 e. The van der Waals surface area contributed by atoms with E-state index in [-0.39, 0.29) is 90.0 Å². The lowest BCUT2D eigenvalue weighted by molar-refractivity contribution is -0.138. The van der Waals surface area contributed by atoms with Crippen molar-refractivity contribution in [3.63, 3.8) is 0 Å². The summed E-state index contributed by atoms with van der Waals surface area (Å²) in [6, 6.07) is 5.66. The first kappa shape index (κ1) is 39.3. The van der Waals surface area contributed by atoms with Crippen LogP contribution in [0.25, 0.3) is 32.1 Å². The number of pyridine rings is 1. The van der Waals surface area contributed by atoms with Gasteiger partial charge in [-0.05, 0) is 55.8 Å². The van der Waals surface area contributed by atoms with Crippen molar-refractivity contribution < 1.29 is 44.6 Å². The Kier molecular flexibility index (Phi) is 9.46. The molecule has 1 saturated carbocycles. The highest BCUT2D eigenvalue weighted by Crippen LogP contribution is 2.55. The van der Waals surface area contributed by atoms with Gasteiger partial charge in [0.15, 0.2) is 5.82 Å². The molecule has 4 aliphatic rings. The van der Waals surface area contributed by atoms with Crippen molar-refractivity contribution in [2.24, 2.45) is 5.92 Å². The number of nitriles is 1. The average molecular weight is 845 g/mol. The molecular weight excluding hydrogens is 809 g/mol.